The molecule has 2 aliphatic heterocycles. The van der Waals surface area contributed by atoms with Crippen LogP contribution in [-0.4, -0.2) is 44.8 Å². The van der Waals surface area contributed by atoms with Crippen molar-refractivity contribution in [2.75, 3.05) is 14.2 Å². The lowest BCUT2D eigenvalue weighted by Gasteiger charge is -2.22. The van der Waals surface area contributed by atoms with Crippen LogP contribution in [-0.2, 0) is 23.7 Å². The number of hydrogen-bond acceptors (Lipinski definition) is 5. The van der Waals surface area contributed by atoms with Crippen molar-refractivity contribution in [1.82, 2.24) is 0 Å². The van der Waals surface area contributed by atoms with Gasteiger partial charge >= 0.3 is 0 Å². The normalized spacial score (nSPS) is 45.4. The minimum Gasteiger partial charge on any atom is -0.353 e. The van der Waals surface area contributed by atoms with Crippen molar-refractivity contribution in [2.45, 2.75) is 44.4 Å². The highest BCUT2D eigenvalue weighted by Gasteiger charge is 2.55. The van der Waals surface area contributed by atoms with Gasteiger partial charge in [-0.1, -0.05) is 0 Å². The number of rotatable bonds is 2. The first-order chi connectivity index (χ1) is 6.57. The van der Waals surface area contributed by atoms with E-state index in [0.29, 0.717) is 0 Å². The van der Waals surface area contributed by atoms with Gasteiger partial charge in [-0.3, -0.25) is 0 Å². The van der Waals surface area contributed by atoms with Gasteiger partial charge in [0.2, 0.25) is 0 Å². The van der Waals surface area contributed by atoms with Gasteiger partial charge in [0, 0.05) is 14.2 Å². The van der Waals surface area contributed by atoms with Crippen LogP contribution in [0, 0.1) is 0 Å². The fraction of sp³-hybridized carbons (Fsp3) is 1.00. The van der Waals surface area contributed by atoms with Gasteiger partial charge in [-0.2, -0.15) is 0 Å². The maximum Gasteiger partial charge on any atom is 0.189 e. The summed E-state index contributed by atoms with van der Waals surface area (Å²) in [5.74, 6) is -0.591. The van der Waals surface area contributed by atoms with Crippen LogP contribution in [0.3, 0.4) is 0 Å². The van der Waals surface area contributed by atoms with Gasteiger partial charge in [-0.15, -0.1) is 0 Å². The molecule has 2 heterocycles. The van der Waals surface area contributed by atoms with E-state index in [1.807, 2.05) is 13.8 Å². The predicted octanol–water partition coefficient (Wildman–Crippen LogP) is 0.482. The van der Waals surface area contributed by atoms with Gasteiger partial charge in [0.05, 0.1) is 0 Å². The molecule has 14 heavy (non-hydrogen) atoms. The van der Waals surface area contributed by atoms with Crippen LogP contribution in [0.15, 0.2) is 0 Å². The number of hydrogen-bond donors (Lipinski definition) is 0. The summed E-state index contributed by atoms with van der Waals surface area (Å²) in [6.45, 7) is 3.73. The highest BCUT2D eigenvalue weighted by atomic mass is 16.8. The first kappa shape index (κ1) is 10.3. The molecule has 5 heteroatoms. The largest absolute Gasteiger partial charge is 0.353 e. The molecule has 0 N–H and O–H groups in total. The number of fused-ring (bicyclic) bond motifs is 1. The molecular weight excluding hydrogens is 188 g/mol. The van der Waals surface area contributed by atoms with Crippen molar-refractivity contribution in [3.63, 3.8) is 0 Å². The third-order valence-electron chi connectivity index (χ3n) is 2.43. The Morgan fingerprint density at radius 3 is 1.71 bits per heavy atom. The van der Waals surface area contributed by atoms with Crippen LogP contribution in [0.2, 0.25) is 0 Å². The van der Waals surface area contributed by atoms with Crippen LogP contribution < -0.4 is 0 Å². The van der Waals surface area contributed by atoms with Gasteiger partial charge in [-0.25, -0.2) is 0 Å². The van der Waals surface area contributed by atoms with Gasteiger partial charge in [0.25, 0.3) is 0 Å². The summed E-state index contributed by atoms with van der Waals surface area (Å²) in [5.41, 5.74) is 0. The molecule has 0 aromatic heterocycles. The standard InChI is InChI=1S/C9H16O5/c1-9(2)13-5-6(14-9)8(11-4)12-7(5)10-3/h5-8H,1-4H3/t5-,6+,7+,8-. The van der Waals surface area contributed by atoms with E-state index in [1.54, 1.807) is 14.2 Å². The summed E-state index contributed by atoms with van der Waals surface area (Å²) in [6, 6.07) is 0. The van der Waals surface area contributed by atoms with E-state index in [4.69, 9.17) is 23.7 Å². The topological polar surface area (TPSA) is 46.2 Å². The van der Waals surface area contributed by atoms with Crippen molar-refractivity contribution in [3.8, 4) is 0 Å². The molecule has 0 aromatic rings. The Labute approximate surface area is 83.2 Å². The quantitative estimate of drug-likeness (QED) is 0.654. The second-order valence-electron chi connectivity index (χ2n) is 3.91. The molecule has 2 saturated heterocycles. The minimum absolute atomic E-state index is 0.208. The molecule has 0 aliphatic carbocycles. The van der Waals surface area contributed by atoms with E-state index in [9.17, 15) is 0 Å². The molecule has 2 rings (SSSR count). The van der Waals surface area contributed by atoms with Gasteiger partial charge < -0.3 is 23.7 Å². The first-order valence-corrected chi connectivity index (χ1v) is 4.64. The molecule has 5 nitrogen and oxygen atoms in total. The number of ether oxygens (including phenoxy) is 5. The van der Waals surface area contributed by atoms with Crippen molar-refractivity contribution in [3.05, 3.63) is 0 Å². The lowest BCUT2D eigenvalue weighted by Crippen LogP contribution is -2.30. The Hall–Kier alpha value is -0.200. The molecule has 0 amide bonds. The zero-order valence-corrected chi connectivity index (χ0v) is 8.85. The Morgan fingerprint density at radius 2 is 1.36 bits per heavy atom. The molecule has 4 atom stereocenters. The molecule has 0 bridgehead atoms. The van der Waals surface area contributed by atoms with Crippen molar-refractivity contribution in [1.29, 1.82) is 0 Å². The lowest BCUT2D eigenvalue weighted by molar-refractivity contribution is -0.264. The lowest BCUT2D eigenvalue weighted by atomic mass is 10.2. The zero-order chi connectivity index (χ0) is 10.3. The van der Waals surface area contributed by atoms with Crippen LogP contribution in [0.25, 0.3) is 0 Å². The average molecular weight is 204 g/mol. The van der Waals surface area contributed by atoms with E-state index in [2.05, 4.69) is 0 Å². The third kappa shape index (κ3) is 1.55. The van der Waals surface area contributed by atoms with Crippen molar-refractivity contribution in [2.24, 2.45) is 0 Å². The fourth-order valence-corrected chi connectivity index (χ4v) is 1.90. The zero-order valence-electron chi connectivity index (χ0n) is 8.85. The van der Waals surface area contributed by atoms with Crippen molar-refractivity contribution >= 4 is 0 Å². The Kier molecular flexibility index (Phi) is 2.53. The highest BCUT2D eigenvalue weighted by Crippen LogP contribution is 2.38. The van der Waals surface area contributed by atoms with Gasteiger partial charge in [-0.05, 0) is 13.8 Å². The maximum absolute atomic E-state index is 5.66. The van der Waals surface area contributed by atoms with E-state index in [0.717, 1.165) is 0 Å². The molecule has 0 spiro atoms. The first-order valence-electron chi connectivity index (χ1n) is 4.64. The van der Waals surface area contributed by atoms with Crippen LogP contribution in [0.1, 0.15) is 13.8 Å². The van der Waals surface area contributed by atoms with E-state index in [1.165, 1.54) is 0 Å². The monoisotopic (exact) mass is 204 g/mol. The SMILES string of the molecule is CO[C@@H]1O[C@H](OC)[C@@H]2OC(C)(C)O[C@H]12. The highest BCUT2D eigenvalue weighted by molar-refractivity contribution is 4.91. The number of methoxy groups -OCH3 is 2. The van der Waals surface area contributed by atoms with E-state index < -0.39 is 18.4 Å². The third-order valence-corrected chi connectivity index (χ3v) is 2.43. The molecule has 2 fully saturated rings. The summed E-state index contributed by atoms with van der Waals surface area (Å²) in [6.07, 6.45) is -1.24. The Morgan fingerprint density at radius 1 is 0.929 bits per heavy atom. The van der Waals surface area contributed by atoms with E-state index >= 15 is 0 Å². The average Bonchev–Trinajstić information content (AvgIpc) is 2.57. The van der Waals surface area contributed by atoms with Crippen molar-refractivity contribution < 1.29 is 23.7 Å². The molecule has 0 radical (unpaired) electrons. The molecule has 0 aromatic carbocycles. The molecule has 82 valence electrons. The molecule has 2 aliphatic rings. The van der Waals surface area contributed by atoms with Gasteiger partial charge in [0.15, 0.2) is 18.4 Å². The second-order valence-corrected chi connectivity index (χ2v) is 3.91. The molecular formula is C9H16O5. The summed E-state index contributed by atoms with van der Waals surface area (Å²) >= 11 is 0. The van der Waals surface area contributed by atoms with Crippen LogP contribution in [0.5, 0.6) is 0 Å². The summed E-state index contributed by atoms with van der Waals surface area (Å²) in [7, 11) is 3.16. The van der Waals surface area contributed by atoms with Crippen LogP contribution >= 0.6 is 0 Å². The predicted molar refractivity (Wildman–Crippen MR) is 46.5 cm³/mol. The van der Waals surface area contributed by atoms with Gasteiger partial charge in [0.1, 0.15) is 12.2 Å². The summed E-state index contributed by atoms with van der Waals surface area (Å²) < 4.78 is 27.0. The molecule has 0 saturated carbocycles. The minimum atomic E-state index is -0.591. The summed E-state index contributed by atoms with van der Waals surface area (Å²) in [4.78, 5) is 0. The molecule has 0 unspecified atom stereocenters. The smallest absolute Gasteiger partial charge is 0.189 e. The van der Waals surface area contributed by atoms with E-state index in [-0.39, 0.29) is 12.2 Å². The fourth-order valence-electron chi connectivity index (χ4n) is 1.90. The maximum atomic E-state index is 5.66. The Balaban J connectivity index is 2.12. The Bertz CT molecular complexity index is 197. The second kappa shape index (κ2) is 3.43. The summed E-state index contributed by atoms with van der Waals surface area (Å²) in [5, 5.41) is 0. The van der Waals surface area contributed by atoms with Crippen LogP contribution in [0.4, 0.5) is 0 Å².